The number of esters is 10. The van der Waals surface area contributed by atoms with E-state index < -0.39 is 143 Å². The summed E-state index contributed by atoms with van der Waals surface area (Å²) >= 11 is 41.6. The predicted octanol–water partition coefficient (Wildman–Crippen LogP) is 17.4. The maximum absolute atomic E-state index is 12.1. The summed E-state index contributed by atoms with van der Waals surface area (Å²) < 4.78 is 66.5. The van der Waals surface area contributed by atoms with Gasteiger partial charge in [0.05, 0.1) is 36.9 Å². The molecule has 43 heteroatoms. The van der Waals surface area contributed by atoms with E-state index in [9.17, 15) is 62.3 Å². The lowest BCUT2D eigenvalue weighted by molar-refractivity contribution is -0.157. The highest BCUT2D eigenvalue weighted by molar-refractivity contribution is 14.1. The van der Waals surface area contributed by atoms with Crippen LogP contribution in [0, 0.1) is 64.3 Å². The van der Waals surface area contributed by atoms with Crippen molar-refractivity contribution in [1.82, 2.24) is 0 Å². The van der Waals surface area contributed by atoms with Crippen LogP contribution in [0.15, 0.2) is 72.8 Å². The van der Waals surface area contributed by atoms with Gasteiger partial charge >= 0.3 is 59.7 Å². The third-order valence-electron chi connectivity index (χ3n) is 11.5. The lowest BCUT2D eigenvalue weighted by atomic mass is 10.2. The van der Waals surface area contributed by atoms with Crippen LogP contribution in [0.5, 0.6) is 11.5 Å². The maximum Gasteiger partial charge on any atom is 0.344 e. The zero-order valence-corrected chi connectivity index (χ0v) is 92.8. The monoisotopic (exact) mass is 3510 g/mol. The summed E-state index contributed by atoms with van der Waals surface area (Å²) in [5.74, 6) is -7.38. The van der Waals surface area contributed by atoms with Crippen molar-refractivity contribution in [1.29, 1.82) is 0 Å². The highest BCUT2D eigenvalue weighted by atomic mass is 127. The van der Waals surface area contributed by atoms with Crippen LogP contribution in [-0.2, 0) is 102 Å². The van der Waals surface area contributed by atoms with Gasteiger partial charge in [0.25, 0.3) is 0 Å². The summed E-state index contributed by atoms with van der Waals surface area (Å²) in [7, 11) is 0. The molecule has 0 aromatic heterocycles. The fourth-order valence-electron chi connectivity index (χ4n) is 6.83. The molecule has 0 amide bonds. The van der Waals surface area contributed by atoms with Crippen molar-refractivity contribution in [3.8, 4) is 11.5 Å². The van der Waals surface area contributed by atoms with Crippen molar-refractivity contribution in [3.05, 3.63) is 159 Å². The first-order chi connectivity index (χ1) is 49.8. The van der Waals surface area contributed by atoms with Crippen LogP contribution in [0.4, 0.5) is 0 Å². The van der Waals surface area contributed by atoms with Crippen molar-refractivity contribution in [2.75, 3.05) is 64.4 Å². The van der Waals surface area contributed by atoms with Crippen LogP contribution in [0.25, 0.3) is 0 Å². The minimum absolute atomic E-state index is 0.151. The topological polar surface area (TPSA) is 314 Å². The average molecular weight is 3510 g/mol. The fraction of sp³-hybridized carbons (Fsp3) is 0.222. The van der Waals surface area contributed by atoms with Gasteiger partial charge in [-0.3, -0.25) is 43.2 Å². The Morgan fingerprint density at radius 2 is 0.500 bits per heavy atom. The lowest BCUT2D eigenvalue weighted by Gasteiger charge is -2.10. The molecule has 6 rings (SSSR count). The number of carbonyl (C=O) groups is 13. The van der Waals surface area contributed by atoms with Gasteiger partial charge in [0, 0.05) is 61.5 Å². The van der Waals surface area contributed by atoms with Crippen molar-refractivity contribution in [2.24, 2.45) is 0 Å². The third-order valence-corrected chi connectivity index (χ3v) is 35.2. The van der Waals surface area contributed by atoms with E-state index in [2.05, 4.69) is 341 Å². The average Bonchev–Trinajstić information content (AvgIpc) is 0.880. The number of ketones is 3. The standard InChI is InChI=1S/2C21H12I6O9.C21H16I6O5S2/c22-9-1-12(24)20(13(25)2-9)35-18(31)5-16(29)33-7-11(28)8-34-17(30)6-19(32)36-21-14(26)3-10(23)4-15(21)27;22-12-1-9(2-13(23)18(12)26)20(31)35-7-16(29)33-5-11(28)6-34-17(30)8-36-21(32)10-3-14(24)19(27)15(25)4-10;22-13-1-11(20(26)16(24)3-13)7-33-9-18(29)31-5-15(28)6-32-19(30)10-34-8-12-2-14(23)4-17(25)21(12)27/h2*1-4H,5-8H2;1-4H,5-10H2. The Morgan fingerprint density at radius 3 is 0.792 bits per heavy atom. The molecule has 0 unspecified atom stereocenters. The van der Waals surface area contributed by atoms with Crippen LogP contribution in [-0.4, -0.2) is 141 Å². The number of carbonyl (C=O) groups excluding carboxylic acids is 13. The molecule has 0 saturated carbocycles. The second-order valence-electron chi connectivity index (χ2n) is 19.6. The molecule has 0 atom stereocenters. The summed E-state index contributed by atoms with van der Waals surface area (Å²) in [5.41, 5.74) is 2.91. The minimum atomic E-state index is -0.972. The second kappa shape index (κ2) is 53.4. The minimum Gasteiger partial charge on any atom is -0.457 e. The van der Waals surface area contributed by atoms with E-state index in [0.29, 0.717) is 37.3 Å². The normalized spacial score (nSPS) is 10.5. The van der Waals surface area contributed by atoms with Gasteiger partial charge in [0.1, 0.15) is 12.8 Å². The number of hydrogen-bond acceptors (Lipinski definition) is 25. The second-order valence-corrected chi connectivity index (χ2v) is 42.5. The molecule has 0 aliphatic heterocycles. The van der Waals surface area contributed by atoms with E-state index in [1.807, 2.05) is 115 Å². The number of thioether (sulfide) groups is 2. The number of hydrogen-bond donors (Lipinski definition) is 0. The molecule has 0 radical (unpaired) electrons. The van der Waals surface area contributed by atoms with E-state index in [1.54, 1.807) is 24.3 Å². The van der Waals surface area contributed by atoms with Crippen LogP contribution in [0.1, 0.15) is 44.7 Å². The molecule has 0 N–H and O–H groups in total. The Labute approximate surface area is 859 Å². The van der Waals surface area contributed by atoms with E-state index in [-0.39, 0.29) is 22.6 Å². The summed E-state index contributed by atoms with van der Waals surface area (Å²) in [5, 5.41) is 0. The molecule has 6 aromatic carbocycles. The van der Waals surface area contributed by atoms with Crippen LogP contribution >= 0.6 is 430 Å². The van der Waals surface area contributed by atoms with Gasteiger partial charge in [-0.1, -0.05) is 0 Å². The number of rotatable bonds is 32. The Kier molecular flexibility index (Phi) is 51.0. The number of benzene rings is 6. The van der Waals surface area contributed by atoms with Gasteiger partial charge in [0.15, 0.2) is 64.4 Å². The SMILES string of the molecule is O=C(COC(=O)CC(=O)Oc1c(I)cc(I)cc1I)COC(=O)CC(=O)Oc1c(I)cc(I)cc1I.O=C(COC(=O)COC(=O)c1cc(I)c(I)c(I)c1)COC(=O)COC(=O)c1cc(I)c(I)c(I)c1.O=C(COC(=O)CSCc1cc(I)cc(I)c1I)COC(=O)CSCc1cc(I)cc(I)c1I. The third kappa shape index (κ3) is 39.2. The zero-order chi connectivity index (χ0) is 79.2. The Balaban J connectivity index is 0.000000336. The molecule has 0 heterocycles. The van der Waals surface area contributed by atoms with Crippen LogP contribution in [0.3, 0.4) is 0 Å². The Morgan fingerprint density at radius 1 is 0.255 bits per heavy atom. The molecule has 568 valence electrons. The first kappa shape index (κ1) is 101. The summed E-state index contributed by atoms with van der Waals surface area (Å²) in [6, 6.07) is 22.2. The molecule has 0 aliphatic rings. The quantitative estimate of drug-likeness (QED) is 0.00720. The maximum atomic E-state index is 12.1. The van der Waals surface area contributed by atoms with Gasteiger partial charge in [-0.05, 0) is 491 Å². The van der Waals surface area contributed by atoms with Crippen molar-refractivity contribution >= 4 is 507 Å². The van der Waals surface area contributed by atoms with E-state index >= 15 is 0 Å². The first-order valence-corrected chi connectivity index (χ1v) is 49.8. The largest absolute Gasteiger partial charge is 0.457 e. The molecular weight excluding hydrogens is 3470 g/mol. The van der Waals surface area contributed by atoms with Crippen molar-refractivity contribution in [3.63, 3.8) is 0 Å². The highest BCUT2D eigenvalue weighted by Crippen LogP contribution is 2.33. The Hall–Kier alpha value is 2.87. The van der Waals surface area contributed by atoms with Gasteiger partial charge in [-0.2, -0.15) is 0 Å². The molecule has 0 spiro atoms. The lowest BCUT2D eigenvalue weighted by Crippen LogP contribution is -2.25. The molecule has 106 heavy (non-hydrogen) atoms. The van der Waals surface area contributed by atoms with Crippen LogP contribution < -0.4 is 9.47 Å². The number of halogens is 18. The van der Waals surface area contributed by atoms with Gasteiger partial charge in [-0.25, -0.2) is 19.2 Å². The van der Waals surface area contributed by atoms with E-state index in [0.717, 1.165) is 35.7 Å². The molecule has 0 saturated heterocycles. The number of Topliss-reactive ketones (excluding diaryl/α,β-unsaturated/α-hetero) is 3. The van der Waals surface area contributed by atoms with E-state index in [1.165, 1.54) is 48.9 Å². The van der Waals surface area contributed by atoms with Crippen molar-refractivity contribution < 1.29 is 110 Å². The van der Waals surface area contributed by atoms with Gasteiger partial charge in [-0.15, -0.1) is 23.5 Å². The zero-order valence-electron chi connectivity index (χ0n) is 52.3. The molecule has 0 fully saturated rings. The molecular formula is C63H40I18O23S2. The summed E-state index contributed by atoms with van der Waals surface area (Å²) in [4.78, 5) is 155. The summed E-state index contributed by atoms with van der Waals surface area (Å²) in [6.45, 7) is -4.92. The number of ether oxygens (including phenoxy) is 10. The molecule has 0 aliphatic carbocycles. The molecule has 0 bridgehead atoms. The van der Waals surface area contributed by atoms with Gasteiger partial charge < -0.3 is 47.4 Å². The molecule has 6 aromatic rings. The Bertz CT molecular complexity index is 4000. The highest BCUT2D eigenvalue weighted by Gasteiger charge is 2.24. The predicted molar refractivity (Wildman–Crippen MR) is 542 cm³/mol. The van der Waals surface area contributed by atoms with Crippen molar-refractivity contribution in [2.45, 2.75) is 24.3 Å². The smallest absolute Gasteiger partial charge is 0.344 e. The van der Waals surface area contributed by atoms with Gasteiger partial charge in [0.2, 0.25) is 17.3 Å². The first-order valence-electron chi connectivity index (χ1n) is 28.1. The fourth-order valence-corrected chi connectivity index (χ4v) is 25.6. The van der Waals surface area contributed by atoms with Crippen LogP contribution in [0.2, 0.25) is 0 Å². The molecule has 23 nitrogen and oxygen atoms in total. The van der Waals surface area contributed by atoms with E-state index in [4.69, 9.17) is 47.4 Å². The summed E-state index contributed by atoms with van der Waals surface area (Å²) in [6.07, 6.45) is -1.40.